The van der Waals surface area contributed by atoms with Crippen LogP contribution in [0.2, 0.25) is 0 Å². The molecule has 51 heavy (non-hydrogen) atoms. The van der Waals surface area contributed by atoms with E-state index in [1.54, 1.807) is 0 Å². The molecule has 0 amide bonds. The molecule has 1 atom stereocenters. The van der Waals surface area contributed by atoms with Crippen molar-refractivity contribution in [2.45, 2.75) is 79.7 Å². The molecule has 0 saturated carbocycles. The van der Waals surface area contributed by atoms with Crippen molar-refractivity contribution in [3.05, 3.63) is 198 Å². The van der Waals surface area contributed by atoms with Crippen molar-refractivity contribution < 1.29 is 0 Å². The maximum Gasteiger partial charge on any atom is 0.0514 e. The van der Waals surface area contributed by atoms with Gasteiger partial charge in [0.1, 0.15) is 0 Å². The SMILES string of the molecule is C=C/C=C\CN(C(/C=C\C=C)=C(/C)CCC)C1/C=C/C=C(c2ccc(N(C)/C(C=C=C/C=C\C)=C\C(=C)/C=C\C=C/CC)cc2CC)\C(C)=C/C1. The Morgan fingerprint density at radius 2 is 1.78 bits per heavy atom. The zero-order valence-corrected chi connectivity index (χ0v) is 32.5. The number of rotatable bonds is 19. The van der Waals surface area contributed by atoms with Gasteiger partial charge in [0.25, 0.3) is 0 Å². The van der Waals surface area contributed by atoms with Gasteiger partial charge in [0.15, 0.2) is 0 Å². The van der Waals surface area contributed by atoms with E-state index in [2.05, 4.69) is 150 Å². The standard InChI is InChI=1S/C49H62N2/c1-11-17-21-23-28-40(7)38-45(29-24-22-18-12-2)50(10)46-35-36-48(43(16-6)39-46)47-31-26-30-44(34-33-41(47)8)51(37-25-19-13-3)49(32-20-14-4)42(9)27-15-5/h12-14,17-23,25-26,28-33,35-36,38-39,44H,3-4,7,11,15-16,27,34,37H2,1-2,5-6,8-10H3/b18-12-,21-17-,25-19-,28-23-,30-26+,32-20-,41-33-,45-38-,47-31+,49-42-. The van der Waals surface area contributed by atoms with Crippen LogP contribution in [0, 0.1) is 0 Å². The van der Waals surface area contributed by atoms with E-state index in [9.17, 15) is 0 Å². The molecule has 0 N–H and O–H groups in total. The van der Waals surface area contributed by atoms with Crippen molar-refractivity contribution in [1.82, 2.24) is 4.90 Å². The monoisotopic (exact) mass is 678 g/mol. The molecule has 268 valence electrons. The molecule has 0 heterocycles. The van der Waals surface area contributed by atoms with Crippen LogP contribution < -0.4 is 4.90 Å². The van der Waals surface area contributed by atoms with Gasteiger partial charge >= 0.3 is 0 Å². The number of hydrogen-bond acceptors (Lipinski definition) is 2. The summed E-state index contributed by atoms with van der Waals surface area (Å²) in [6.45, 7) is 26.0. The first kappa shape index (κ1) is 42.1. The Bertz CT molecular complexity index is 1700. The van der Waals surface area contributed by atoms with Gasteiger partial charge in [-0.05, 0) is 110 Å². The fourth-order valence-corrected chi connectivity index (χ4v) is 5.90. The van der Waals surface area contributed by atoms with Crippen molar-refractivity contribution in [1.29, 1.82) is 0 Å². The minimum atomic E-state index is 0.206. The van der Waals surface area contributed by atoms with E-state index in [1.807, 2.05) is 67.7 Å². The Hall–Kier alpha value is -5.04. The van der Waals surface area contributed by atoms with Crippen molar-refractivity contribution in [2.75, 3.05) is 18.5 Å². The second-order valence-electron chi connectivity index (χ2n) is 12.6. The molecule has 1 aromatic rings. The first-order chi connectivity index (χ1) is 24.8. The predicted octanol–water partition coefficient (Wildman–Crippen LogP) is 13.5. The van der Waals surface area contributed by atoms with Gasteiger partial charge in [0.2, 0.25) is 0 Å². The van der Waals surface area contributed by atoms with E-state index in [-0.39, 0.29) is 6.04 Å². The average molecular weight is 679 g/mol. The third-order valence-electron chi connectivity index (χ3n) is 8.70. The number of nitrogens with zero attached hydrogens (tertiary/aromatic N) is 2. The van der Waals surface area contributed by atoms with Gasteiger partial charge in [0.05, 0.1) is 6.04 Å². The molecule has 0 saturated heterocycles. The van der Waals surface area contributed by atoms with Gasteiger partial charge in [-0.3, -0.25) is 0 Å². The highest BCUT2D eigenvalue weighted by Gasteiger charge is 2.20. The lowest BCUT2D eigenvalue weighted by molar-refractivity contribution is 0.327. The number of likely N-dealkylation sites (N-methyl/N-ethyl adjacent to an activating group) is 1. The molecule has 2 rings (SSSR count). The highest BCUT2D eigenvalue weighted by atomic mass is 15.2. The molecule has 1 aromatic carbocycles. The highest BCUT2D eigenvalue weighted by Crippen LogP contribution is 2.33. The molecular weight excluding hydrogens is 617 g/mol. The fraction of sp³-hybridized carbons (Fsp3) is 0.286. The molecule has 0 fully saturated rings. The van der Waals surface area contributed by atoms with E-state index < -0.39 is 0 Å². The highest BCUT2D eigenvalue weighted by molar-refractivity contribution is 5.82. The maximum atomic E-state index is 4.28. The number of anilines is 1. The van der Waals surface area contributed by atoms with Crippen LogP contribution in [-0.4, -0.2) is 24.5 Å². The van der Waals surface area contributed by atoms with Crippen molar-refractivity contribution in [2.24, 2.45) is 0 Å². The van der Waals surface area contributed by atoms with Gasteiger partial charge in [-0.15, -0.1) is 5.73 Å². The summed E-state index contributed by atoms with van der Waals surface area (Å²) in [5.74, 6) is 0. The van der Waals surface area contributed by atoms with Crippen LogP contribution in [0.1, 0.15) is 78.4 Å². The Morgan fingerprint density at radius 1 is 1.00 bits per heavy atom. The fourth-order valence-electron chi connectivity index (χ4n) is 5.90. The van der Waals surface area contributed by atoms with Crippen LogP contribution in [-0.2, 0) is 6.42 Å². The van der Waals surface area contributed by atoms with Crippen molar-refractivity contribution >= 4 is 11.3 Å². The molecule has 0 aromatic heterocycles. The zero-order chi connectivity index (χ0) is 37.4. The second kappa shape index (κ2) is 24.2. The van der Waals surface area contributed by atoms with Crippen LogP contribution in [0.15, 0.2) is 187 Å². The molecule has 0 bridgehead atoms. The molecule has 1 aliphatic carbocycles. The Kier molecular flexibility index (Phi) is 20.0. The van der Waals surface area contributed by atoms with E-state index in [0.29, 0.717) is 0 Å². The minimum absolute atomic E-state index is 0.206. The summed E-state index contributed by atoms with van der Waals surface area (Å²) in [6, 6.07) is 7.03. The number of hydrogen-bond donors (Lipinski definition) is 0. The van der Waals surface area contributed by atoms with E-state index in [0.717, 1.165) is 55.6 Å². The normalized spacial score (nSPS) is 18.5. The van der Waals surface area contributed by atoms with E-state index >= 15 is 0 Å². The third kappa shape index (κ3) is 14.0. The molecular formula is C49H62N2. The lowest BCUT2D eigenvalue weighted by Gasteiger charge is -2.34. The second-order valence-corrected chi connectivity index (χ2v) is 12.6. The predicted molar refractivity (Wildman–Crippen MR) is 230 cm³/mol. The van der Waals surface area contributed by atoms with Gasteiger partial charge in [-0.25, -0.2) is 0 Å². The molecule has 0 radical (unpaired) electrons. The molecule has 1 aliphatic rings. The van der Waals surface area contributed by atoms with Gasteiger partial charge in [-0.2, -0.15) is 0 Å². The molecule has 2 nitrogen and oxygen atoms in total. The summed E-state index contributed by atoms with van der Waals surface area (Å²) in [7, 11) is 2.11. The zero-order valence-electron chi connectivity index (χ0n) is 32.5. The van der Waals surface area contributed by atoms with Crippen LogP contribution in [0.25, 0.3) is 5.57 Å². The van der Waals surface area contributed by atoms with Crippen LogP contribution in [0.3, 0.4) is 0 Å². The van der Waals surface area contributed by atoms with Crippen LogP contribution >= 0.6 is 0 Å². The van der Waals surface area contributed by atoms with Gasteiger partial charge in [-0.1, -0.05) is 144 Å². The Morgan fingerprint density at radius 3 is 2.47 bits per heavy atom. The largest absolute Gasteiger partial charge is 0.361 e. The quantitative estimate of drug-likeness (QED) is 0.106. The van der Waals surface area contributed by atoms with Crippen molar-refractivity contribution in [3.63, 3.8) is 0 Å². The topological polar surface area (TPSA) is 6.48 Å². The summed E-state index contributed by atoms with van der Waals surface area (Å²) in [5.41, 5.74) is 14.2. The van der Waals surface area contributed by atoms with E-state index in [1.165, 1.54) is 33.5 Å². The molecule has 1 unspecified atom stereocenters. The van der Waals surface area contributed by atoms with Gasteiger partial charge in [0, 0.05) is 36.7 Å². The van der Waals surface area contributed by atoms with E-state index in [4.69, 9.17) is 0 Å². The lowest BCUT2D eigenvalue weighted by Crippen LogP contribution is -2.33. The summed E-state index contributed by atoms with van der Waals surface area (Å²) >= 11 is 0. The molecule has 2 heteroatoms. The lowest BCUT2D eigenvalue weighted by atomic mass is 9.90. The average Bonchev–Trinajstić information content (AvgIpc) is 3.12. The number of aryl methyl sites for hydroxylation is 1. The maximum absolute atomic E-state index is 4.28. The Balaban J connectivity index is 2.57. The van der Waals surface area contributed by atoms with Crippen LogP contribution in [0.5, 0.6) is 0 Å². The minimum Gasteiger partial charge on any atom is -0.361 e. The number of allylic oxidation sites excluding steroid dienone is 19. The summed E-state index contributed by atoms with van der Waals surface area (Å²) in [6.07, 6.45) is 44.8. The van der Waals surface area contributed by atoms with Crippen LogP contribution in [0.4, 0.5) is 5.69 Å². The molecule has 0 aliphatic heterocycles. The summed E-state index contributed by atoms with van der Waals surface area (Å²) < 4.78 is 0. The third-order valence-corrected chi connectivity index (χ3v) is 8.70. The molecule has 0 spiro atoms. The first-order valence-electron chi connectivity index (χ1n) is 18.5. The van der Waals surface area contributed by atoms with Gasteiger partial charge < -0.3 is 9.80 Å². The summed E-state index contributed by atoms with van der Waals surface area (Å²) in [5, 5.41) is 0. The summed E-state index contributed by atoms with van der Waals surface area (Å²) in [4.78, 5) is 4.72. The number of benzene rings is 1. The van der Waals surface area contributed by atoms with Crippen molar-refractivity contribution in [3.8, 4) is 0 Å². The first-order valence-corrected chi connectivity index (χ1v) is 18.5. The smallest absolute Gasteiger partial charge is 0.0514 e. The Labute approximate surface area is 311 Å².